The van der Waals surface area contributed by atoms with E-state index in [1.807, 2.05) is 0 Å². The topological polar surface area (TPSA) is 52.4 Å². The highest BCUT2D eigenvalue weighted by molar-refractivity contribution is 7.80. The van der Waals surface area contributed by atoms with Crippen LogP contribution in [0.25, 0.3) is 0 Å². The Balaban J connectivity index is 2.03. The number of halogens is 1. The quantitative estimate of drug-likeness (QED) is 0.510. The van der Waals surface area contributed by atoms with E-state index in [4.69, 9.17) is 16.3 Å². The molecule has 1 saturated carbocycles. The number of non-ortho nitro benzene ring substituents is 1. The van der Waals surface area contributed by atoms with Gasteiger partial charge in [-0.15, -0.1) is 0 Å². The Labute approximate surface area is 116 Å². The molecule has 1 fully saturated rings. The van der Waals surface area contributed by atoms with E-state index in [1.54, 1.807) is 6.07 Å². The van der Waals surface area contributed by atoms with Crippen LogP contribution >= 0.6 is 24.2 Å². The zero-order chi connectivity index (χ0) is 13.2. The summed E-state index contributed by atoms with van der Waals surface area (Å²) in [4.78, 5) is 10.1. The second-order valence-corrected chi connectivity index (χ2v) is 5.40. The molecule has 0 radical (unpaired) electrons. The van der Waals surface area contributed by atoms with Gasteiger partial charge in [-0.3, -0.25) is 10.1 Å². The first-order chi connectivity index (χ1) is 8.56. The molecular weight excluding hydrogens is 274 g/mol. The van der Waals surface area contributed by atoms with Crippen molar-refractivity contribution in [2.75, 3.05) is 12.4 Å². The number of benzene rings is 1. The number of nitro groups is 1. The van der Waals surface area contributed by atoms with Gasteiger partial charge in [-0.1, -0.05) is 18.0 Å². The zero-order valence-corrected chi connectivity index (χ0v) is 11.4. The largest absolute Gasteiger partial charge is 0.491 e. The Morgan fingerprint density at radius 2 is 2.22 bits per heavy atom. The predicted molar refractivity (Wildman–Crippen MR) is 73.7 cm³/mol. The summed E-state index contributed by atoms with van der Waals surface area (Å²) < 4.78 is 5.67. The van der Waals surface area contributed by atoms with Gasteiger partial charge in [0, 0.05) is 17.5 Å². The van der Waals surface area contributed by atoms with Gasteiger partial charge in [0.05, 0.1) is 16.6 Å². The minimum absolute atomic E-state index is 0.0279. The van der Waals surface area contributed by atoms with Gasteiger partial charge in [0.25, 0.3) is 5.69 Å². The van der Waals surface area contributed by atoms with Crippen molar-refractivity contribution < 1.29 is 9.66 Å². The van der Waals surface area contributed by atoms with Gasteiger partial charge < -0.3 is 4.74 Å². The maximum Gasteiger partial charge on any atom is 0.271 e. The molecular formula is C12H14ClNO3S. The van der Waals surface area contributed by atoms with Crippen LogP contribution in [0.2, 0.25) is 5.02 Å². The minimum Gasteiger partial charge on any atom is -0.491 e. The molecule has 6 heteroatoms. The van der Waals surface area contributed by atoms with Gasteiger partial charge >= 0.3 is 0 Å². The normalized spacial score (nSPS) is 17.0. The molecule has 0 heterocycles. The Hall–Kier alpha value is -0.940. The smallest absolute Gasteiger partial charge is 0.271 e. The van der Waals surface area contributed by atoms with Crippen molar-refractivity contribution in [3.8, 4) is 5.75 Å². The third kappa shape index (κ3) is 2.72. The van der Waals surface area contributed by atoms with Crippen molar-refractivity contribution >= 4 is 29.9 Å². The molecule has 0 unspecified atom stereocenters. The van der Waals surface area contributed by atoms with Crippen LogP contribution in [0, 0.1) is 15.5 Å². The molecule has 2 rings (SSSR count). The lowest BCUT2D eigenvalue weighted by atomic mass is 9.71. The molecule has 1 aliphatic rings. The third-order valence-electron chi connectivity index (χ3n) is 3.41. The Kier molecular flexibility index (Phi) is 4.02. The lowest BCUT2D eigenvalue weighted by Gasteiger charge is -2.40. The van der Waals surface area contributed by atoms with E-state index in [0.29, 0.717) is 12.4 Å². The van der Waals surface area contributed by atoms with Gasteiger partial charge in [0.1, 0.15) is 5.75 Å². The average molecular weight is 288 g/mol. The Morgan fingerprint density at radius 3 is 2.67 bits per heavy atom. The molecule has 0 spiro atoms. The van der Waals surface area contributed by atoms with E-state index in [9.17, 15) is 10.1 Å². The summed E-state index contributed by atoms with van der Waals surface area (Å²) in [5.41, 5.74) is 0.119. The molecule has 1 aromatic carbocycles. The SMILES string of the molecule is O=[N+]([O-])c1ccc(OCC2(CS)CCC2)c(Cl)c1. The predicted octanol–water partition coefficient (Wildman–Crippen LogP) is 3.73. The lowest BCUT2D eigenvalue weighted by molar-refractivity contribution is -0.384. The molecule has 0 N–H and O–H groups in total. The first-order valence-electron chi connectivity index (χ1n) is 5.74. The highest BCUT2D eigenvalue weighted by atomic mass is 35.5. The van der Waals surface area contributed by atoms with Crippen molar-refractivity contribution in [1.29, 1.82) is 0 Å². The van der Waals surface area contributed by atoms with Crippen LogP contribution in [0.1, 0.15) is 19.3 Å². The molecule has 98 valence electrons. The first-order valence-corrected chi connectivity index (χ1v) is 6.75. The third-order valence-corrected chi connectivity index (χ3v) is 4.38. The fraction of sp³-hybridized carbons (Fsp3) is 0.500. The Morgan fingerprint density at radius 1 is 1.50 bits per heavy atom. The van der Waals surface area contributed by atoms with Crippen LogP contribution in [0.3, 0.4) is 0 Å². The number of hydrogen-bond acceptors (Lipinski definition) is 4. The molecule has 4 nitrogen and oxygen atoms in total. The number of rotatable bonds is 5. The van der Waals surface area contributed by atoms with E-state index in [-0.39, 0.29) is 16.1 Å². The van der Waals surface area contributed by atoms with E-state index in [1.165, 1.54) is 18.6 Å². The summed E-state index contributed by atoms with van der Waals surface area (Å²) in [6, 6.07) is 4.26. The van der Waals surface area contributed by atoms with Crippen LogP contribution in [0.4, 0.5) is 5.69 Å². The van der Waals surface area contributed by atoms with Crippen molar-refractivity contribution in [3.05, 3.63) is 33.3 Å². The number of thiol groups is 1. The summed E-state index contributed by atoms with van der Waals surface area (Å²) in [6.07, 6.45) is 3.43. The van der Waals surface area contributed by atoms with Crippen LogP contribution in [-0.4, -0.2) is 17.3 Å². The fourth-order valence-corrected chi connectivity index (χ4v) is 2.61. The van der Waals surface area contributed by atoms with E-state index in [0.717, 1.165) is 18.6 Å². The Bertz CT molecular complexity index is 457. The zero-order valence-electron chi connectivity index (χ0n) is 9.76. The molecule has 1 aromatic rings. The monoisotopic (exact) mass is 287 g/mol. The number of ether oxygens (including phenoxy) is 1. The second-order valence-electron chi connectivity index (χ2n) is 4.67. The molecule has 18 heavy (non-hydrogen) atoms. The minimum atomic E-state index is -0.475. The standard InChI is InChI=1S/C12H14ClNO3S/c13-10-6-9(14(15)16)2-3-11(10)17-7-12(8-18)4-1-5-12/h2-3,6,18H,1,4-5,7-8H2. The summed E-state index contributed by atoms with van der Waals surface area (Å²) in [5.74, 6) is 1.28. The summed E-state index contributed by atoms with van der Waals surface area (Å²) >= 11 is 10.3. The molecule has 0 amide bonds. The molecule has 0 aliphatic heterocycles. The molecule has 0 bridgehead atoms. The molecule has 0 aromatic heterocycles. The number of nitrogens with zero attached hydrogens (tertiary/aromatic N) is 1. The maximum atomic E-state index is 10.6. The summed E-state index contributed by atoms with van der Waals surface area (Å²) in [7, 11) is 0. The average Bonchev–Trinajstić information content (AvgIpc) is 2.29. The summed E-state index contributed by atoms with van der Waals surface area (Å²) in [6.45, 7) is 0.564. The summed E-state index contributed by atoms with van der Waals surface area (Å²) in [5, 5.41) is 10.9. The maximum absolute atomic E-state index is 10.6. The second kappa shape index (κ2) is 5.36. The van der Waals surface area contributed by atoms with Crippen molar-refractivity contribution in [2.24, 2.45) is 5.41 Å². The van der Waals surface area contributed by atoms with Gasteiger partial charge in [-0.05, 0) is 24.7 Å². The first kappa shape index (κ1) is 13.5. The van der Waals surface area contributed by atoms with Crippen molar-refractivity contribution in [1.82, 2.24) is 0 Å². The fourth-order valence-electron chi connectivity index (χ4n) is 1.98. The van der Waals surface area contributed by atoms with Gasteiger partial charge in [-0.25, -0.2) is 0 Å². The van der Waals surface area contributed by atoms with E-state index >= 15 is 0 Å². The number of hydrogen-bond donors (Lipinski definition) is 1. The van der Waals surface area contributed by atoms with Gasteiger partial charge in [0.15, 0.2) is 0 Å². The van der Waals surface area contributed by atoms with Gasteiger partial charge in [0.2, 0.25) is 0 Å². The van der Waals surface area contributed by atoms with Crippen molar-refractivity contribution in [3.63, 3.8) is 0 Å². The highest BCUT2D eigenvalue weighted by Gasteiger charge is 2.36. The molecule has 0 atom stereocenters. The molecule has 1 aliphatic carbocycles. The van der Waals surface area contributed by atoms with Crippen LogP contribution < -0.4 is 4.74 Å². The van der Waals surface area contributed by atoms with Gasteiger partial charge in [-0.2, -0.15) is 12.6 Å². The van der Waals surface area contributed by atoms with Crippen LogP contribution in [0.5, 0.6) is 5.75 Å². The van der Waals surface area contributed by atoms with Crippen LogP contribution in [-0.2, 0) is 0 Å². The van der Waals surface area contributed by atoms with Crippen molar-refractivity contribution in [2.45, 2.75) is 19.3 Å². The lowest BCUT2D eigenvalue weighted by Crippen LogP contribution is -2.37. The highest BCUT2D eigenvalue weighted by Crippen LogP contribution is 2.42. The molecule has 0 saturated heterocycles. The van der Waals surface area contributed by atoms with E-state index < -0.39 is 4.92 Å². The number of nitro benzene ring substituents is 1. The van der Waals surface area contributed by atoms with E-state index in [2.05, 4.69) is 12.6 Å². The van der Waals surface area contributed by atoms with Crippen LogP contribution in [0.15, 0.2) is 18.2 Å².